The van der Waals surface area contributed by atoms with Crippen molar-refractivity contribution in [3.63, 3.8) is 0 Å². The van der Waals surface area contributed by atoms with Gasteiger partial charge in [0.25, 0.3) is 0 Å². The van der Waals surface area contributed by atoms with E-state index in [4.69, 9.17) is 15.0 Å². The van der Waals surface area contributed by atoms with E-state index in [-0.39, 0.29) is 13.1 Å². The molecule has 0 amide bonds. The van der Waals surface area contributed by atoms with Gasteiger partial charge in [0.15, 0.2) is 0 Å². The van der Waals surface area contributed by atoms with Crippen molar-refractivity contribution in [1.29, 1.82) is 0 Å². The van der Waals surface area contributed by atoms with Crippen LogP contribution >= 0.6 is 0 Å². The number of carboxylic acids is 2. The summed E-state index contributed by atoms with van der Waals surface area (Å²) in [6, 6.07) is 0. The van der Waals surface area contributed by atoms with Gasteiger partial charge in [0.2, 0.25) is 0 Å². The minimum Gasteiger partial charge on any atom is -0.481 e. The van der Waals surface area contributed by atoms with Crippen LogP contribution in [0.4, 0.5) is 17.6 Å². The molecule has 5 nitrogen and oxygen atoms in total. The van der Waals surface area contributed by atoms with Gasteiger partial charge in [-0.15, -0.1) is 0 Å². The van der Waals surface area contributed by atoms with Gasteiger partial charge < -0.3 is 15.5 Å². The highest BCUT2D eigenvalue weighted by Crippen LogP contribution is 2.22. The second kappa shape index (κ2) is 5.10. The lowest BCUT2D eigenvalue weighted by molar-refractivity contribution is -0.192. The van der Waals surface area contributed by atoms with Crippen molar-refractivity contribution >= 4 is 11.9 Å². The van der Waals surface area contributed by atoms with Gasteiger partial charge in [0, 0.05) is 13.1 Å². The standard InChI is InChI=1S/C5H8FNO2.C2HF3O2/c6-1-5(4(8)9)2-7-3-5;3-2(4,5)1(6)7/h7H,1-3H2,(H,8,9);(H,6,7). The average Bonchev–Trinajstić information content (AvgIpc) is 2.01. The topological polar surface area (TPSA) is 86.6 Å². The highest BCUT2D eigenvalue weighted by Gasteiger charge is 2.44. The lowest BCUT2D eigenvalue weighted by Crippen LogP contribution is -2.59. The molecule has 1 saturated heterocycles. The molecule has 0 spiro atoms. The van der Waals surface area contributed by atoms with E-state index in [1.165, 1.54) is 0 Å². The van der Waals surface area contributed by atoms with Gasteiger partial charge in [-0.05, 0) is 0 Å². The Morgan fingerprint density at radius 3 is 1.62 bits per heavy atom. The Labute approximate surface area is 87.1 Å². The molecule has 0 unspecified atom stereocenters. The fourth-order valence-electron chi connectivity index (χ4n) is 0.730. The van der Waals surface area contributed by atoms with Crippen LogP contribution in [-0.2, 0) is 9.59 Å². The molecule has 9 heteroatoms. The van der Waals surface area contributed by atoms with Crippen molar-refractivity contribution in [2.45, 2.75) is 6.18 Å². The van der Waals surface area contributed by atoms with Crippen LogP contribution in [0, 0.1) is 5.41 Å². The third kappa shape index (κ3) is 3.65. The number of carbonyl (C=O) groups is 2. The van der Waals surface area contributed by atoms with Gasteiger partial charge in [-0.25, -0.2) is 9.18 Å². The van der Waals surface area contributed by atoms with E-state index in [2.05, 4.69) is 5.32 Å². The summed E-state index contributed by atoms with van der Waals surface area (Å²) in [6.07, 6.45) is -5.08. The van der Waals surface area contributed by atoms with Crippen molar-refractivity contribution in [1.82, 2.24) is 5.32 Å². The van der Waals surface area contributed by atoms with E-state index in [1.807, 2.05) is 0 Å². The van der Waals surface area contributed by atoms with Crippen LogP contribution in [0.25, 0.3) is 0 Å². The highest BCUT2D eigenvalue weighted by atomic mass is 19.4. The van der Waals surface area contributed by atoms with E-state index in [0.29, 0.717) is 0 Å². The third-order valence-corrected chi connectivity index (χ3v) is 1.88. The van der Waals surface area contributed by atoms with Crippen LogP contribution in [-0.4, -0.2) is 48.1 Å². The first-order valence-electron chi connectivity index (χ1n) is 3.96. The maximum atomic E-state index is 11.9. The normalized spacial score (nSPS) is 17.8. The Balaban J connectivity index is 0.000000293. The molecule has 0 radical (unpaired) electrons. The quantitative estimate of drug-likeness (QED) is 0.609. The maximum Gasteiger partial charge on any atom is 0.490 e. The van der Waals surface area contributed by atoms with Crippen LogP contribution in [0.2, 0.25) is 0 Å². The zero-order chi connectivity index (χ0) is 13.0. The summed E-state index contributed by atoms with van der Waals surface area (Å²) in [6.45, 7) is -0.243. The lowest BCUT2D eigenvalue weighted by Gasteiger charge is -2.35. The molecular weight excluding hydrogens is 238 g/mol. The Kier molecular flexibility index (Phi) is 4.66. The first-order chi connectivity index (χ1) is 7.15. The molecular formula is C7H9F4NO4. The molecule has 1 fully saturated rings. The van der Waals surface area contributed by atoms with Gasteiger partial charge in [-0.3, -0.25) is 4.79 Å². The molecule has 0 bridgehead atoms. The van der Waals surface area contributed by atoms with E-state index < -0.39 is 30.2 Å². The zero-order valence-corrected chi connectivity index (χ0v) is 7.84. The molecule has 1 heterocycles. The minimum absolute atomic E-state index is 0.263. The molecule has 0 aromatic heterocycles. The predicted octanol–water partition coefficient (Wildman–Crippen LogP) is 0.263. The summed E-state index contributed by atoms with van der Waals surface area (Å²) in [5.41, 5.74) is -1.10. The minimum atomic E-state index is -5.08. The number of alkyl halides is 4. The number of halogens is 4. The van der Waals surface area contributed by atoms with E-state index in [1.54, 1.807) is 0 Å². The number of carboxylic acid groups (broad SMARTS) is 2. The molecule has 0 aliphatic carbocycles. The van der Waals surface area contributed by atoms with Crippen LogP contribution < -0.4 is 5.32 Å². The molecule has 16 heavy (non-hydrogen) atoms. The van der Waals surface area contributed by atoms with E-state index >= 15 is 0 Å². The Morgan fingerprint density at radius 1 is 1.25 bits per heavy atom. The van der Waals surface area contributed by atoms with Crippen molar-refractivity contribution in [3.05, 3.63) is 0 Å². The molecule has 94 valence electrons. The molecule has 1 aliphatic rings. The second-order valence-corrected chi connectivity index (χ2v) is 3.13. The molecule has 3 N–H and O–H groups in total. The molecule has 0 atom stereocenters. The fraction of sp³-hybridized carbons (Fsp3) is 0.714. The summed E-state index contributed by atoms with van der Waals surface area (Å²) in [5.74, 6) is -3.80. The average molecular weight is 247 g/mol. The van der Waals surface area contributed by atoms with Crippen molar-refractivity contribution < 1.29 is 37.4 Å². The van der Waals surface area contributed by atoms with Crippen LogP contribution in [0.3, 0.4) is 0 Å². The summed E-state index contributed by atoms with van der Waals surface area (Å²) in [4.78, 5) is 19.2. The number of aliphatic carboxylic acids is 2. The summed E-state index contributed by atoms with van der Waals surface area (Å²) in [5, 5.41) is 18.2. The highest BCUT2D eigenvalue weighted by molar-refractivity contribution is 5.76. The number of nitrogens with one attached hydrogen (secondary N) is 1. The van der Waals surface area contributed by atoms with Gasteiger partial charge >= 0.3 is 18.1 Å². The maximum absolute atomic E-state index is 11.9. The summed E-state index contributed by atoms with van der Waals surface area (Å²) in [7, 11) is 0. The van der Waals surface area contributed by atoms with E-state index in [9.17, 15) is 22.4 Å². The first-order valence-corrected chi connectivity index (χ1v) is 3.96. The summed E-state index contributed by atoms with van der Waals surface area (Å²) < 4.78 is 43.7. The predicted molar refractivity (Wildman–Crippen MR) is 42.6 cm³/mol. The second-order valence-electron chi connectivity index (χ2n) is 3.13. The molecule has 0 saturated carbocycles. The van der Waals surface area contributed by atoms with Crippen molar-refractivity contribution in [2.24, 2.45) is 5.41 Å². The van der Waals surface area contributed by atoms with Crippen LogP contribution in [0.5, 0.6) is 0 Å². The molecule has 0 aromatic rings. The molecule has 1 aliphatic heterocycles. The number of hydrogen-bond acceptors (Lipinski definition) is 3. The fourth-order valence-corrected chi connectivity index (χ4v) is 0.730. The monoisotopic (exact) mass is 247 g/mol. The van der Waals surface area contributed by atoms with Crippen LogP contribution in [0.15, 0.2) is 0 Å². The lowest BCUT2D eigenvalue weighted by atomic mass is 9.83. The van der Waals surface area contributed by atoms with Crippen molar-refractivity contribution in [2.75, 3.05) is 19.8 Å². The van der Waals surface area contributed by atoms with Crippen molar-refractivity contribution in [3.8, 4) is 0 Å². The zero-order valence-electron chi connectivity index (χ0n) is 7.84. The van der Waals surface area contributed by atoms with Gasteiger partial charge in [0.05, 0.1) is 0 Å². The van der Waals surface area contributed by atoms with Crippen LogP contribution in [0.1, 0.15) is 0 Å². The SMILES string of the molecule is O=C(O)C(F)(F)F.O=C(O)C1(CF)CNC1. The van der Waals surface area contributed by atoms with E-state index in [0.717, 1.165) is 0 Å². The molecule has 1 rings (SSSR count). The number of rotatable bonds is 2. The Hall–Kier alpha value is -1.38. The largest absolute Gasteiger partial charge is 0.490 e. The van der Waals surface area contributed by atoms with Gasteiger partial charge in [0.1, 0.15) is 12.1 Å². The Morgan fingerprint density at radius 2 is 1.62 bits per heavy atom. The Bertz CT molecular complexity index is 269. The third-order valence-electron chi connectivity index (χ3n) is 1.88. The van der Waals surface area contributed by atoms with Gasteiger partial charge in [-0.2, -0.15) is 13.2 Å². The summed E-state index contributed by atoms with van der Waals surface area (Å²) >= 11 is 0. The molecule has 0 aromatic carbocycles. The first kappa shape index (κ1) is 14.6. The van der Waals surface area contributed by atoms with Gasteiger partial charge in [-0.1, -0.05) is 0 Å². The number of hydrogen-bond donors (Lipinski definition) is 3. The smallest absolute Gasteiger partial charge is 0.481 e.